The van der Waals surface area contributed by atoms with Crippen molar-refractivity contribution < 1.29 is 4.79 Å². The number of fused-ring (bicyclic) bond motifs is 1. The minimum Gasteiger partial charge on any atom is -0.305 e. The zero-order chi connectivity index (χ0) is 7.68. The van der Waals surface area contributed by atoms with Crippen molar-refractivity contribution in [2.75, 3.05) is 19.6 Å². The number of nitrogens with zero attached hydrogens (tertiary/aromatic N) is 1. The molecule has 2 aliphatic rings. The Bertz CT molecular complexity index is 160. The second kappa shape index (κ2) is 2.91. The lowest BCUT2D eigenvalue weighted by molar-refractivity contribution is -0.111. The van der Waals surface area contributed by atoms with E-state index in [1.165, 1.54) is 19.4 Å². The van der Waals surface area contributed by atoms with Crippen LogP contribution in [0.15, 0.2) is 0 Å². The number of hydrogen-bond acceptors (Lipinski definition) is 3. The average Bonchev–Trinajstić information content (AvgIpc) is 2.50. The van der Waals surface area contributed by atoms with Crippen LogP contribution < -0.4 is 5.32 Å². The molecule has 2 rings (SSSR count). The van der Waals surface area contributed by atoms with Crippen LogP contribution in [0, 0.1) is 0 Å². The van der Waals surface area contributed by atoms with Crippen molar-refractivity contribution in [1.29, 1.82) is 0 Å². The molecule has 2 fully saturated rings. The highest BCUT2D eigenvalue weighted by Gasteiger charge is 2.33. The molecule has 0 spiro atoms. The van der Waals surface area contributed by atoms with Crippen LogP contribution in [0.3, 0.4) is 0 Å². The van der Waals surface area contributed by atoms with E-state index in [9.17, 15) is 4.79 Å². The number of piperazine rings is 1. The van der Waals surface area contributed by atoms with Gasteiger partial charge in [0.15, 0.2) is 0 Å². The maximum atomic E-state index is 10.6. The molecule has 2 atom stereocenters. The van der Waals surface area contributed by atoms with E-state index in [1.54, 1.807) is 0 Å². The summed E-state index contributed by atoms with van der Waals surface area (Å²) in [6, 6.07) is 0.604. The highest BCUT2D eigenvalue weighted by atomic mass is 16.1. The molecule has 1 N–H and O–H groups in total. The maximum absolute atomic E-state index is 10.6. The summed E-state index contributed by atoms with van der Waals surface area (Å²) in [6.07, 6.45) is 3.51. The van der Waals surface area contributed by atoms with Crippen molar-refractivity contribution >= 4 is 6.29 Å². The van der Waals surface area contributed by atoms with E-state index in [2.05, 4.69) is 10.2 Å². The lowest BCUT2D eigenvalue weighted by atomic mass is 10.1. The molecule has 0 saturated carbocycles. The molecule has 3 nitrogen and oxygen atoms in total. The minimum absolute atomic E-state index is 0.103. The molecule has 0 aromatic rings. The van der Waals surface area contributed by atoms with Gasteiger partial charge < -0.3 is 10.1 Å². The quantitative estimate of drug-likeness (QED) is 0.523. The van der Waals surface area contributed by atoms with Gasteiger partial charge in [0.25, 0.3) is 0 Å². The summed E-state index contributed by atoms with van der Waals surface area (Å²) in [5.74, 6) is 0. The Morgan fingerprint density at radius 1 is 1.45 bits per heavy atom. The lowest BCUT2D eigenvalue weighted by Crippen LogP contribution is -2.55. The first-order valence-corrected chi connectivity index (χ1v) is 4.34. The van der Waals surface area contributed by atoms with Gasteiger partial charge in [0.05, 0.1) is 6.04 Å². The zero-order valence-corrected chi connectivity index (χ0v) is 6.62. The molecule has 0 aliphatic carbocycles. The van der Waals surface area contributed by atoms with Crippen LogP contribution in [0.2, 0.25) is 0 Å². The molecule has 0 radical (unpaired) electrons. The number of rotatable bonds is 1. The fourth-order valence-electron chi connectivity index (χ4n) is 2.19. The predicted octanol–water partition coefficient (Wildman–Crippen LogP) is -0.378. The Balaban J connectivity index is 2.06. The number of aldehydes is 1. The van der Waals surface area contributed by atoms with E-state index in [0.29, 0.717) is 6.04 Å². The molecule has 0 amide bonds. The normalized spacial score (nSPS) is 38.5. The molecule has 62 valence electrons. The topological polar surface area (TPSA) is 32.3 Å². The van der Waals surface area contributed by atoms with Gasteiger partial charge in [-0.3, -0.25) is 4.90 Å². The third kappa shape index (κ3) is 1.19. The molecule has 0 bridgehead atoms. The maximum Gasteiger partial charge on any atom is 0.138 e. The summed E-state index contributed by atoms with van der Waals surface area (Å²) in [5, 5.41) is 3.23. The molecule has 0 aromatic heterocycles. The standard InChI is InChI=1S/C8H14N2O/c11-6-7-8-2-1-4-10(8)5-3-9-7/h6-9H,1-5H2. The van der Waals surface area contributed by atoms with E-state index in [4.69, 9.17) is 0 Å². The van der Waals surface area contributed by atoms with Crippen molar-refractivity contribution in [3.8, 4) is 0 Å². The summed E-state index contributed by atoms with van der Waals surface area (Å²) in [6.45, 7) is 3.28. The third-order valence-electron chi connectivity index (χ3n) is 2.75. The van der Waals surface area contributed by atoms with Crippen molar-refractivity contribution in [3.05, 3.63) is 0 Å². The second-order valence-electron chi connectivity index (χ2n) is 3.36. The smallest absolute Gasteiger partial charge is 0.138 e. The van der Waals surface area contributed by atoms with Crippen LogP contribution in [0.1, 0.15) is 12.8 Å². The fourth-order valence-corrected chi connectivity index (χ4v) is 2.19. The van der Waals surface area contributed by atoms with Gasteiger partial charge in [-0.1, -0.05) is 0 Å². The summed E-state index contributed by atoms with van der Waals surface area (Å²) in [4.78, 5) is 13.0. The van der Waals surface area contributed by atoms with E-state index in [-0.39, 0.29) is 6.04 Å². The first kappa shape index (κ1) is 7.25. The van der Waals surface area contributed by atoms with Gasteiger partial charge in [-0.15, -0.1) is 0 Å². The molecule has 2 aliphatic heterocycles. The second-order valence-corrected chi connectivity index (χ2v) is 3.36. The van der Waals surface area contributed by atoms with E-state index in [0.717, 1.165) is 19.4 Å². The van der Waals surface area contributed by atoms with Crippen LogP contribution >= 0.6 is 0 Å². The Labute approximate surface area is 66.8 Å². The molecule has 2 unspecified atom stereocenters. The van der Waals surface area contributed by atoms with Crippen molar-refractivity contribution in [2.45, 2.75) is 24.9 Å². The van der Waals surface area contributed by atoms with Crippen LogP contribution in [0.25, 0.3) is 0 Å². The molecule has 2 heterocycles. The molecular weight excluding hydrogens is 140 g/mol. The van der Waals surface area contributed by atoms with Gasteiger partial charge in [-0.05, 0) is 19.4 Å². The van der Waals surface area contributed by atoms with Gasteiger partial charge in [-0.25, -0.2) is 0 Å². The highest BCUT2D eigenvalue weighted by molar-refractivity contribution is 5.59. The molecule has 11 heavy (non-hydrogen) atoms. The van der Waals surface area contributed by atoms with Crippen LogP contribution in [-0.4, -0.2) is 42.9 Å². The SMILES string of the molecule is O=CC1NCCN2CCCC12. The van der Waals surface area contributed by atoms with Crippen molar-refractivity contribution in [2.24, 2.45) is 0 Å². The molecular formula is C8H14N2O. The summed E-state index contributed by atoms with van der Waals surface area (Å²) in [5.41, 5.74) is 0. The zero-order valence-electron chi connectivity index (χ0n) is 6.62. The Morgan fingerprint density at radius 2 is 2.36 bits per heavy atom. The largest absolute Gasteiger partial charge is 0.305 e. The van der Waals surface area contributed by atoms with Gasteiger partial charge in [-0.2, -0.15) is 0 Å². The number of nitrogens with one attached hydrogen (secondary N) is 1. The Hall–Kier alpha value is -0.410. The highest BCUT2D eigenvalue weighted by Crippen LogP contribution is 2.20. The molecule has 3 heteroatoms. The van der Waals surface area contributed by atoms with Gasteiger partial charge in [0, 0.05) is 19.1 Å². The van der Waals surface area contributed by atoms with E-state index < -0.39 is 0 Å². The average molecular weight is 154 g/mol. The minimum atomic E-state index is 0.103. The van der Waals surface area contributed by atoms with Gasteiger partial charge in [0.2, 0.25) is 0 Å². The number of carbonyl (C=O) groups excluding carboxylic acids is 1. The lowest BCUT2D eigenvalue weighted by Gasteiger charge is -2.34. The van der Waals surface area contributed by atoms with E-state index in [1.807, 2.05) is 0 Å². The molecule has 0 aromatic carbocycles. The summed E-state index contributed by atoms with van der Waals surface area (Å²) >= 11 is 0. The first-order valence-electron chi connectivity index (χ1n) is 4.34. The van der Waals surface area contributed by atoms with Crippen molar-refractivity contribution in [3.63, 3.8) is 0 Å². The monoisotopic (exact) mass is 154 g/mol. The van der Waals surface area contributed by atoms with Crippen LogP contribution in [0.4, 0.5) is 0 Å². The van der Waals surface area contributed by atoms with Crippen LogP contribution in [0.5, 0.6) is 0 Å². The third-order valence-corrected chi connectivity index (χ3v) is 2.75. The predicted molar refractivity (Wildman–Crippen MR) is 42.4 cm³/mol. The van der Waals surface area contributed by atoms with Gasteiger partial charge in [0.1, 0.15) is 6.29 Å². The van der Waals surface area contributed by atoms with E-state index >= 15 is 0 Å². The van der Waals surface area contributed by atoms with Crippen molar-refractivity contribution in [1.82, 2.24) is 10.2 Å². The Morgan fingerprint density at radius 3 is 3.18 bits per heavy atom. The first-order chi connectivity index (χ1) is 5.42. The Kier molecular flexibility index (Phi) is 1.92. The fraction of sp³-hybridized carbons (Fsp3) is 0.875. The number of carbonyl (C=O) groups is 1. The summed E-state index contributed by atoms with van der Waals surface area (Å²) < 4.78 is 0. The number of hydrogen-bond donors (Lipinski definition) is 1. The summed E-state index contributed by atoms with van der Waals surface area (Å²) in [7, 11) is 0. The molecule has 2 saturated heterocycles. The van der Waals surface area contributed by atoms with Gasteiger partial charge >= 0.3 is 0 Å². The van der Waals surface area contributed by atoms with Crippen LogP contribution in [-0.2, 0) is 4.79 Å².